The standard InChI is InChI=1S/C15H24N2O/c1-11-14(12(2)17(3)16-11)10-15(18)13-8-6-4-5-7-9-13/h13H,4-10H2,1-3H3. The number of carbonyl (C=O) groups excluding carboxylic acids is 1. The van der Waals surface area contributed by atoms with Gasteiger partial charge in [-0.1, -0.05) is 25.7 Å². The molecule has 1 heterocycles. The van der Waals surface area contributed by atoms with Crippen LogP contribution in [0, 0.1) is 19.8 Å². The van der Waals surface area contributed by atoms with E-state index in [9.17, 15) is 4.79 Å². The van der Waals surface area contributed by atoms with E-state index in [1.54, 1.807) is 0 Å². The van der Waals surface area contributed by atoms with Crippen LogP contribution in [0.4, 0.5) is 0 Å². The van der Waals surface area contributed by atoms with E-state index in [2.05, 4.69) is 12.0 Å². The fourth-order valence-electron chi connectivity index (χ4n) is 2.99. The predicted molar refractivity (Wildman–Crippen MR) is 72.6 cm³/mol. The highest BCUT2D eigenvalue weighted by atomic mass is 16.1. The van der Waals surface area contributed by atoms with Crippen LogP contribution < -0.4 is 0 Å². The maximum atomic E-state index is 12.4. The second kappa shape index (κ2) is 5.68. The van der Waals surface area contributed by atoms with E-state index >= 15 is 0 Å². The molecule has 1 aliphatic carbocycles. The van der Waals surface area contributed by atoms with Crippen LogP contribution in [0.5, 0.6) is 0 Å². The van der Waals surface area contributed by atoms with Crippen LogP contribution in [0.25, 0.3) is 0 Å². The van der Waals surface area contributed by atoms with Crippen molar-refractivity contribution in [1.82, 2.24) is 9.78 Å². The summed E-state index contributed by atoms with van der Waals surface area (Å²) in [5, 5.41) is 4.39. The largest absolute Gasteiger partial charge is 0.299 e. The molecule has 0 N–H and O–H groups in total. The van der Waals surface area contributed by atoms with Crippen molar-refractivity contribution >= 4 is 5.78 Å². The van der Waals surface area contributed by atoms with Gasteiger partial charge in [-0.3, -0.25) is 9.48 Å². The molecule has 18 heavy (non-hydrogen) atoms. The Balaban J connectivity index is 2.06. The Morgan fingerprint density at radius 1 is 1.22 bits per heavy atom. The smallest absolute Gasteiger partial charge is 0.140 e. The van der Waals surface area contributed by atoms with Crippen LogP contribution in [-0.2, 0) is 18.3 Å². The van der Waals surface area contributed by atoms with E-state index in [4.69, 9.17) is 0 Å². The molecule has 0 saturated heterocycles. The Kier molecular flexibility index (Phi) is 4.20. The van der Waals surface area contributed by atoms with Gasteiger partial charge in [0, 0.05) is 30.6 Å². The number of rotatable bonds is 3. The summed E-state index contributed by atoms with van der Waals surface area (Å²) in [7, 11) is 1.95. The molecule has 1 saturated carbocycles. The lowest BCUT2D eigenvalue weighted by Gasteiger charge is -2.12. The Bertz CT molecular complexity index is 426. The average molecular weight is 248 g/mol. The third-order valence-electron chi connectivity index (χ3n) is 4.32. The minimum atomic E-state index is 0.298. The summed E-state index contributed by atoms with van der Waals surface area (Å²) in [6.07, 6.45) is 7.82. The molecule has 0 atom stereocenters. The number of aromatic nitrogens is 2. The number of hydrogen-bond acceptors (Lipinski definition) is 2. The lowest BCUT2D eigenvalue weighted by atomic mass is 9.91. The molecule has 100 valence electrons. The van der Waals surface area contributed by atoms with Crippen molar-refractivity contribution in [2.45, 2.75) is 58.8 Å². The van der Waals surface area contributed by atoms with Gasteiger partial charge in [-0.05, 0) is 26.7 Å². The van der Waals surface area contributed by atoms with Gasteiger partial charge in [0.25, 0.3) is 0 Å². The van der Waals surface area contributed by atoms with E-state index in [1.165, 1.54) is 25.7 Å². The van der Waals surface area contributed by atoms with E-state index in [1.807, 2.05) is 18.7 Å². The van der Waals surface area contributed by atoms with Crippen molar-refractivity contribution in [3.05, 3.63) is 17.0 Å². The lowest BCUT2D eigenvalue weighted by molar-refractivity contribution is -0.122. The zero-order valence-electron chi connectivity index (χ0n) is 11.8. The predicted octanol–water partition coefficient (Wildman–Crippen LogP) is 3.12. The highest BCUT2D eigenvalue weighted by Crippen LogP contribution is 2.25. The first-order chi connectivity index (χ1) is 8.59. The molecule has 0 unspecified atom stereocenters. The van der Waals surface area contributed by atoms with Gasteiger partial charge in [0.2, 0.25) is 0 Å². The molecule has 3 nitrogen and oxygen atoms in total. The van der Waals surface area contributed by atoms with Crippen molar-refractivity contribution in [3.63, 3.8) is 0 Å². The van der Waals surface area contributed by atoms with Crippen molar-refractivity contribution in [2.75, 3.05) is 0 Å². The molecule has 0 bridgehead atoms. The highest BCUT2D eigenvalue weighted by molar-refractivity contribution is 5.83. The molecule has 1 aliphatic rings. The van der Waals surface area contributed by atoms with Gasteiger partial charge in [-0.2, -0.15) is 5.10 Å². The van der Waals surface area contributed by atoms with Gasteiger partial charge in [-0.25, -0.2) is 0 Å². The molecule has 0 spiro atoms. The monoisotopic (exact) mass is 248 g/mol. The maximum absolute atomic E-state index is 12.4. The second-order valence-corrected chi connectivity index (χ2v) is 5.60. The van der Waals surface area contributed by atoms with Gasteiger partial charge in [-0.15, -0.1) is 0 Å². The van der Waals surface area contributed by atoms with Gasteiger partial charge in [0.05, 0.1) is 5.69 Å². The molecular formula is C15H24N2O. The fraction of sp³-hybridized carbons (Fsp3) is 0.733. The molecule has 1 aromatic heterocycles. The van der Waals surface area contributed by atoms with Crippen LogP contribution in [0.15, 0.2) is 0 Å². The zero-order valence-corrected chi connectivity index (χ0v) is 11.8. The van der Waals surface area contributed by atoms with Gasteiger partial charge in [0.15, 0.2) is 0 Å². The summed E-state index contributed by atoms with van der Waals surface area (Å²) < 4.78 is 1.88. The Hall–Kier alpha value is -1.12. The summed E-state index contributed by atoms with van der Waals surface area (Å²) in [5.41, 5.74) is 3.29. The van der Waals surface area contributed by atoms with Crippen molar-refractivity contribution in [3.8, 4) is 0 Å². The van der Waals surface area contributed by atoms with Gasteiger partial charge >= 0.3 is 0 Å². The van der Waals surface area contributed by atoms with Crippen molar-refractivity contribution < 1.29 is 4.79 Å². The second-order valence-electron chi connectivity index (χ2n) is 5.60. The van der Waals surface area contributed by atoms with Crippen LogP contribution >= 0.6 is 0 Å². The summed E-state index contributed by atoms with van der Waals surface area (Å²) >= 11 is 0. The molecule has 0 amide bonds. The summed E-state index contributed by atoms with van der Waals surface area (Å²) in [5.74, 6) is 0.725. The summed E-state index contributed by atoms with van der Waals surface area (Å²) in [6.45, 7) is 4.05. The fourth-order valence-corrected chi connectivity index (χ4v) is 2.99. The van der Waals surface area contributed by atoms with Gasteiger partial charge < -0.3 is 0 Å². The van der Waals surface area contributed by atoms with E-state index < -0.39 is 0 Å². The quantitative estimate of drug-likeness (QED) is 0.770. The number of ketones is 1. The zero-order chi connectivity index (χ0) is 13.1. The minimum absolute atomic E-state index is 0.298. The van der Waals surface area contributed by atoms with E-state index in [-0.39, 0.29) is 0 Å². The normalized spacial score (nSPS) is 17.7. The first-order valence-electron chi connectivity index (χ1n) is 7.11. The molecule has 0 radical (unpaired) electrons. The van der Waals surface area contributed by atoms with Crippen LogP contribution in [0.2, 0.25) is 0 Å². The molecule has 3 heteroatoms. The SMILES string of the molecule is Cc1nn(C)c(C)c1CC(=O)C1CCCCCC1. The number of carbonyl (C=O) groups is 1. The molecular weight excluding hydrogens is 224 g/mol. The third kappa shape index (κ3) is 2.82. The van der Waals surface area contributed by atoms with Gasteiger partial charge in [0.1, 0.15) is 5.78 Å². The van der Waals surface area contributed by atoms with E-state index in [0.717, 1.165) is 29.8 Å². The third-order valence-corrected chi connectivity index (χ3v) is 4.32. The molecule has 1 fully saturated rings. The first kappa shape index (κ1) is 13.3. The molecule has 1 aromatic rings. The molecule has 0 aromatic carbocycles. The Morgan fingerprint density at radius 3 is 2.33 bits per heavy atom. The van der Waals surface area contributed by atoms with Crippen LogP contribution in [0.1, 0.15) is 55.5 Å². The maximum Gasteiger partial charge on any atom is 0.140 e. The van der Waals surface area contributed by atoms with Crippen molar-refractivity contribution in [2.24, 2.45) is 13.0 Å². The number of hydrogen-bond donors (Lipinski definition) is 0. The first-order valence-corrected chi connectivity index (χ1v) is 7.11. The lowest BCUT2D eigenvalue weighted by Crippen LogP contribution is -2.17. The number of nitrogens with zero attached hydrogens (tertiary/aromatic N) is 2. The summed E-state index contributed by atoms with van der Waals surface area (Å²) in [4.78, 5) is 12.4. The van der Waals surface area contributed by atoms with Crippen molar-refractivity contribution in [1.29, 1.82) is 0 Å². The Morgan fingerprint density at radius 2 is 1.83 bits per heavy atom. The van der Waals surface area contributed by atoms with Crippen LogP contribution in [-0.4, -0.2) is 15.6 Å². The van der Waals surface area contributed by atoms with E-state index in [0.29, 0.717) is 18.1 Å². The number of Topliss-reactive ketones (excluding diaryl/α,β-unsaturated/α-hetero) is 1. The summed E-state index contributed by atoms with van der Waals surface area (Å²) in [6, 6.07) is 0. The molecule has 2 rings (SSSR count). The van der Waals surface area contributed by atoms with Crippen LogP contribution in [0.3, 0.4) is 0 Å². The average Bonchev–Trinajstić information content (AvgIpc) is 2.58. The Labute approximate surface area is 110 Å². The number of aryl methyl sites for hydroxylation is 2. The highest BCUT2D eigenvalue weighted by Gasteiger charge is 2.22. The minimum Gasteiger partial charge on any atom is -0.299 e. The molecule has 0 aliphatic heterocycles. The topological polar surface area (TPSA) is 34.9 Å².